The number of hydrogen-bond donors (Lipinski definition) is 1. The summed E-state index contributed by atoms with van der Waals surface area (Å²) in [5, 5.41) is 10.8. The van der Waals surface area contributed by atoms with E-state index in [2.05, 4.69) is 0 Å². The molecule has 1 atom stereocenters. The first kappa shape index (κ1) is 16.1. The van der Waals surface area contributed by atoms with Gasteiger partial charge in [-0.25, -0.2) is 0 Å². The van der Waals surface area contributed by atoms with E-state index in [-0.39, 0.29) is 24.1 Å². The van der Waals surface area contributed by atoms with Crippen molar-refractivity contribution in [3.8, 4) is 0 Å². The van der Waals surface area contributed by atoms with E-state index in [1.54, 1.807) is 37.9 Å². The lowest BCUT2D eigenvalue weighted by Gasteiger charge is -2.28. The van der Waals surface area contributed by atoms with Gasteiger partial charge in [0.15, 0.2) is 0 Å². The molecule has 20 heavy (non-hydrogen) atoms. The van der Waals surface area contributed by atoms with Gasteiger partial charge >= 0.3 is 0 Å². The molecule has 0 heterocycles. The van der Waals surface area contributed by atoms with Crippen LogP contribution in [0, 0.1) is 10.1 Å². The topological polar surface area (TPSA) is 89.5 Å². The molecule has 0 spiro atoms. The van der Waals surface area contributed by atoms with Gasteiger partial charge in [0, 0.05) is 31.1 Å². The fourth-order valence-electron chi connectivity index (χ4n) is 1.85. The van der Waals surface area contributed by atoms with Crippen LogP contribution in [0.5, 0.6) is 0 Å². The largest absolute Gasteiger partial charge is 0.339 e. The highest BCUT2D eigenvalue weighted by Gasteiger charge is 2.23. The van der Waals surface area contributed by atoms with E-state index in [9.17, 15) is 14.9 Å². The van der Waals surface area contributed by atoms with Crippen molar-refractivity contribution in [1.82, 2.24) is 4.90 Å². The minimum atomic E-state index is -0.576. The normalized spacial score (nSPS) is 12.8. The summed E-state index contributed by atoms with van der Waals surface area (Å²) in [7, 11) is 1.68. The highest BCUT2D eigenvalue weighted by atomic mass is 16.6. The number of nitrogens with two attached hydrogens (primary N) is 1. The maximum absolute atomic E-state index is 12.1. The quantitative estimate of drug-likeness (QED) is 0.661. The maximum atomic E-state index is 12.1. The molecule has 0 aromatic heterocycles. The number of rotatable bonds is 5. The minimum absolute atomic E-state index is 0.0225. The molecule has 0 saturated heterocycles. The Kier molecular flexibility index (Phi) is 4.83. The Bertz CT molecular complexity index is 509. The number of benzene rings is 1. The molecule has 0 fully saturated rings. The maximum Gasteiger partial charge on any atom is 0.269 e. The number of nitro benzene ring substituents is 1. The van der Waals surface area contributed by atoms with Crippen molar-refractivity contribution in [2.24, 2.45) is 5.73 Å². The molecule has 0 bridgehead atoms. The van der Waals surface area contributed by atoms with Crippen molar-refractivity contribution in [3.05, 3.63) is 39.9 Å². The van der Waals surface area contributed by atoms with Crippen LogP contribution in [0.3, 0.4) is 0 Å². The smallest absolute Gasteiger partial charge is 0.269 e. The van der Waals surface area contributed by atoms with Crippen molar-refractivity contribution in [1.29, 1.82) is 0 Å². The molecule has 0 radical (unpaired) electrons. The molecule has 1 unspecified atom stereocenters. The monoisotopic (exact) mass is 279 g/mol. The molecule has 1 amide bonds. The molecule has 110 valence electrons. The summed E-state index contributed by atoms with van der Waals surface area (Å²) < 4.78 is 0. The Morgan fingerprint density at radius 3 is 2.60 bits per heavy atom. The molecule has 6 heteroatoms. The first-order chi connectivity index (χ1) is 9.11. The van der Waals surface area contributed by atoms with Crippen LogP contribution in [0.1, 0.15) is 38.8 Å². The predicted molar refractivity (Wildman–Crippen MR) is 77.2 cm³/mol. The molecule has 0 aliphatic carbocycles. The first-order valence-corrected chi connectivity index (χ1v) is 6.41. The van der Waals surface area contributed by atoms with Gasteiger partial charge < -0.3 is 10.6 Å². The molecule has 1 rings (SSSR count). The fraction of sp³-hybridized carbons (Fsp3) is 0.500. The predicted octanol–water partition coefficient (Wildman–Crippen LogP) is 2.24. The fourth-order valence-corrected chi connectivity index (χ4v) is 1.85. The summed E-state index contributed by atoms with van der Waals surface area (Å²) >= 11 is 0. The number of carbonyl (C=O) groups excluding carboxylic acids is 1. The van der Waals surface area contributed by atoms with E-state index >= 15 is 0 Å². The molecule has 0 saturated carbocycles. The standard InChI is InChI=1S/C14H21N3O3/c1-10(16(4)13(18)9-14(2,3)15)11-6-5-7-12(8-11)17(19)20/h5-8,10H,9,15H2,1-4H3. The van der Waals surface area contributed by atoms with Crippen LogP contribution in [0.25, 0.3) is 0 Å². The minimum Gasteiger partial charge on any atom is -0.339 e. The van der Waals surface area contributed by atoms with Gasteiger partial charge in [-0.3, -0.25) is 14.9 Å². The van der Waals surface area contributed by atoms with Crippen LogP contribution in [0.4, 0.5) is 5.69 Å². The van der Waals surface area contributed by atoms with E-state index in [0.29, 0.717) is 0 Å². The molecule has 0 aliphatic heterocycles. The number of nitro groups is 1. The van der Waals surface area contributed by atoms with Gasteiger partial charge in [-0.05, 0) is 26.3 Å². The first-order valence-electron chi connectivity index (χ1n) is 6.41. The van der Waals surface area contributed by atoms with Crippen LogP contribution in [-0.4, -0.2) is 28.3 Å². The highest BCUT2D eigenvalue weighted by Crippen LogP contribution is 2.24. The zero-order valence-corrected chi connectivity index (χ0v) is 12.3. The van der Waals surface area contributed by atoms with E-state index in [4.69, 9.17) is 5.73 Å². The zero-order valence-electron chi connectivity index (χ0n) is 12.3. The number of non-ortho nitro benzene ring substituents is 1. The molecular weight excluding hydrogens is 258 g/mol. The SMILES string of the molecule is CC(c1cccc([N+](=O)[O-])c1)N(C)C(=O)CC(C)(C)N. The molecule has 1 aromatic carbocycles. The lowest BCUT2D eigenvalue weighted by Crippen LogP contribution is -2.40. The summed E-state index contributed by atoms with van der Waals surface area (Å²) in [6.07, 6.45) is 0.225. The van der Waals surface area contributed by atoms with Crippen LogP contribution in [0.15, 0.2) is 24.3 Å². The van der Waals surface area contributed by atoms with Crippen molar-refractivity contribution >= 4 is 11.6 Å². The van der Waals surface area contributed by atoms with Crippen molar-refractivity contribution < 1.29 is 9.72 Å². The molecule has 2 N–H and O–H groups in total. The molecule has 6 nitrogen and oxygen atoms in total. The van der Waals surface area contributed by atoms with Gasteiger partial charge in [-0.2, -0.15) is 0 Å². The van der Waals surface area contributed by atoms with Crippen molar-refractivity contribution in [2.75, 3.05) is 7.05 Å². The number of nitrogens with zero attached hydrogens (tertiary/aromatic N) is 2. The lowest BCUT2D eigenvalue weighted by molar-refractivity contribution is -0.384. The average Bonchev–Trinajstić information content (AvgIpc) is 2.35. The third kappa shape index (κ3) is 4.31. The third-order valence-corrected chi connectivity index (χ3v) is 3.14. The zero-order chi connectivity index (χ0) is 15.5. The molecule has 0 aliphatic rings. The van der Waals surface area contributed by atoms with E-state index < -0.39 is 10.5 Å². The summed E-state index contributed by atoms with van der Waals surface area (Å²) in [6.45, 7) is 5.41. The Morgan fingerprint density at radius 1 is 1.50 bits per heavy atom. The van der Waals surface area contributed by atoms with Gasteiger partial charge in [-0.1, -0.05) is 12.1 Å². The Hall–Kier alpha value is -1.95. The van der Waals surface area contributed by atoms with Crippen molar-refractivity contribution in [2.45, 2.75) is 38.8 Å². The summed E-state index contributed by atoms with van der Waals surface area (Å²) in [4.78, 5) is 24.0. The van der Waals surface area contributed by atoms with Gasteiger partial charge in [0.05, 0.1) is 11.0 Å². The molecular formula is C14H21N3O3. The van der Waals surface area contributed by atoms with E-state index in [0.717, 1.165) is 5.56 Å². The van der Waals surface area contributed by atoms with E-state index in [1.807, 2.05) is 6.92 Å². The van der Waals surface area contributed by atoms with Crippen LogP contribution in [-0.2, 0) is 4.79 Å². The second-order valence-corrected chi connectivity index (χ2v) is 5.70. The third-order valence-electron chi connectivity index (χ3n) is 3.14. The molecule has 1 aromatic rings. The van der Waals surface area contributed by atoms with Gasteiger partial charge in [0.25, 0.3) is 5.69 Å². The van der Waals surface area contributed by atoms with Gasteiger partial charge in [0.1, 0.15) is 0 Å². The van der Waals surface area contributed by atoms with Crippen molar-refractivity contribution in [3.63, 3.8) is 0 Å². The second-order valence-electron chi connectivity index (χ2n) is 5.70. The summed E-state index contributed by atoms with van der Waals surface area (Å²) in [5.41, 5.74) is 6.01. The van der Waals surface area contributed by atoms with Gasteiger partial charge in [0.2, 0.25) is 5.91 Å². The summed E-state index contributed by atoms with van der Waals surface area (Å²) in [5.74, 6) is -0.0866. The number of hydrogen-bond acceptors (Lipinski definition) is 4. The number of amides is 1. The highest BCUT2D eigenvalue weighted by molar-refractivity contribution is 5.77. The second kappa shape index (κ2) is 6.00. The van der Waals surface area contributed by atoms with Crippen LogP contribution in [0.2, 0.25) is 0 Å². The lowest BCUT2D eigenvalue weighted by atomic mass is 10.00. The average molecular weight is 279 g/mol. The Labute approximate surface area is 118 Å². The Balaban J connectivity index is 2.88. The van der Waals surface area contributed by atoms with E-state index in [1.165, 1.54) is 12.1 Å². The Morgan fingerprint density at radius 2 is 2.10 bits per heavy atom. The summed E-state index contributed by atoms with van der Waals surface area (Å²) in [6, 6.07) is 6.07. The van der Waals surface area contributed by atoms with Gasteiger partial charge in [-0.15, -0.1) is 0 Å². The number of carbonyl (C=O) groups is 1. The van der Waals surface area contributed by atoms with Crippen LogP contribution >= 0.6 is 0 Å². The van der Waals surface area contributed by atoms with Crippen LogP contribution < -0.4 is 5.73 Å².